The van der Waals surface area contributed by atoms with Gasteiger partial charge in [0.2, 0.25) is 5.91 Å². The van der Waals surface area contributed by atoms with Crippen LogP contribution in [0.4, 0.5) is 0 Å². The standard InChI is InChI=1S/C21H24N4O3/c26-13-19-23-16-5-1-2-7-18(16)25(19)10-8-20(28)24-21(14-11-15(27)12-14)17-6-3-4-9-22-17/h1-7,9,14-15,21,26-27H,8,10-13H2,(H,24,28)/t14?,15?,21-/m0/s1. The average Bonchev–Trinajstić information content (AvgIpc) is 3.07. The maximum Gasteiger partial charge on any atom is 0.222 e. The molecule has 3 aromatic rings. The van der Waals surface area contributed by atoms with Crippen molar-refractivity contribution >= 4 is 16.9 Å². The van der Waals surface area contributed by atoms with Crippen LogP contribution >= 0.6 is 0 Å². The van der Waals surface area contributed by atoms with Crippen molar-refractivity contribution in [3.8, 4) is 0 Å². The number of rotatable bonds is 7. The van der Waals surface area contributed by atoms with Gasteiger partial charge in [0.25, 0.3) is 0 Å². The fourth-order valence-corrected chi connectivity index (χ4v) is 3.85. The van der Waals surface area contributed by atoms with Crippen molar-refractivity contribution in [3.63, 3.8) is 0 Å². The summed E-state index contributed by atoms with van der Waals surface area (Å²) in [6.45, 7) is 0.261. The van der Waals surface area contributed by atoms with Crippen LogP contribution in [0.3, 0.4) is 0 Å². The molecule has 1 aromatic carbocycles. The van der Waals surface area contributed by atoms with Crippen LogP contribution in [0, 0.1) is 5.92 Å². The van der Waals surface area contributed by atoms with Crippen LogP contribution in [-0.4, -0.2) is 36.8 Å². The van der Waals surface area contributed by atoms with E-state index in [-0.39, 0.29) is 37.0 Å². The molecular formula is C21H24N4O3. The fraction of sp³-hybridized carbons (Fsp3) is 0.381. The minimum Gasteiger partial charge on any atom is -0.393 e. The summed E-state index contributed by atoms with van der Waals surface area (Å²) < 4.78 is 1.89. The van der Waals surface area contributed by atoms with E-state index in [0.717, 1.165) is 16.7 Å². The Morgan fingerprint density at radius 1 is 1.21 bits per heavy atom. The molecule has 7 nitrogen and oxygen atoms in total. The Labute approximate surface area is 163 Å². The molecule has 1 amide bonds. The summed E-state index contributed by atoms with van der Waals surface area (Å²) >= 11 is 0. The minimum atomic E-state index is -0.294. The van der Waals surface area contributed by atoms with Crippen LogP contribution in [-0.2, 0) is 17.9 Å². The quantitative estimate of drug-likeness (QED) is 0.582. The van der Waals surface area contributed by atoms with Gasteiger partial charge in [0, 0.05) is 19.2 Å². The Kier molecular flexibility index (Phi) is 5.36. The summed E-state index contributed by atoms with van der Waals surface area (Å²) in [4.78, 5) is 21.5. The van der Waals surface area contributed by atoms with Crippen LogP contribution in [0.5, 0.6) is 0 Å². The number of fused-ring (bicyclic) bond motifs is 1. The number of pyridine rings is 1. The van der Waals surface area contributed by atoms with Crippen molar-refractivity contribution in [1.29, 1.82) is 0 Å². The molecule has 1 fully saturated rings. The first kappa shape index (κ1) is 18.6. The van der Waals surface area contributed by atoms with Gasteiger partial charge in [0.15, 0.2) is 0 Å². The summed E-state index contributed by atoms with van der Waals surface area (Å²) in [5.41, 5.74) is 2.53. The van der Waals surface area contributed by atoms with Gasteiger partial charge in [-0.1, -0.05) is 18.2 Å². The number of aliphatic hydroxyl groups excluding tert-OH is 2. The monoisotopic (exact) mass is 380 g/mol. The van der Waals surface area contributed by atoms with Crippen LogP contribution in [0.1, 0.15) is 36.8 Å². The Morgan fingerprint density at radius 3 is 2.71 bits per heavy atom. The molecule has 0 unspecified atom stereocenters. The number of amides is 1. The Morgan fingerprint density at radius 2 is 2.00 bits per heavy atom. The second kappa shape index (κ2) is 8.08. The van der Waals surface area contributed by atoms with E-state index in [9.17, 15) is 15.0 Å². The topological polar surface area (TPSA) is 100 Å². The van der Waals surface area contributed by atoms with Gasteiger partial charge in [0.1, 0.15) is 12.4 Å². The van der Waals surface area contributed by atoms with Gasteiger partial charge in [-0.2, -0.15) is 0 Å². The highest BCUT2D eigenvalue weighted by atomic mass is 16.3. The van der Waals surface area contributed by atoms with E-state index in [4.69, 9.17) is 0 Å². The van der Waals surface area contributed by atoms with Crippen LogP contribution < -0.4 is 5.32 Å². The number of nitrogens with one attached hydrogen (secondary N) is 1. The zero-order valence-electron chi connectivity index (χ0n) is 15.5. The van der Waals surface area contributed by atoms with E-state index in [1.807, 2.05) is 47.0 Å². The normalized spacial score (nSPS) is 19.9. The lowest BCUT2D eigenvalue weighted by Gasteiger charge is -2.37. The molecule has 4 rings (SSSR count). The molecule has 2 heterocycles. The molecule has 28 heavy (non-hydrogen) atoms. The number of hydrogen-bond donors (Lipinski definition) is 3. The van der Waals surface area contributed by atoms with Crippen molar-refractivity contribution in [3.05, 3.63) is 60.2 Å². The number of carbonyl (C=O) groups excluding carboxylic acids is 1. The van der Waals surface area contributed by atoms with Crippen molar-refractivity contribution in [2.24, 2.45) is 5.92 Å². The molecule has 0 spiro atoms. The summed E-state index contributed by atoms with van der Waals surface area (Å²) in [6.07, 6.45) is 3.03. The van der Waals surface area contributed by atoms with Crippen molar-refractivity contribution in [2.45, 2.75) is 44.6 Å². The van der Waals surface area contributed by atoms with Gasteiger partial charge in [0.05, 0.1) is 28.9 Å². The number of aryl methyl sites for hydroxylation is 1. The first-order chi connectivity index (χ1) is 13.7. The number of para-hydroxylation sites is 2. The summed E-state index contributed by atoms with van der Waals surface area (Å²) in [5, 5.41) is 22.4. The Bertz CT molecular complexity index is 951. The lowest BCUT2D eigenvalue weighted by Crippen LogP contribution is -2.42. The molecule has 0 bridgehead atoms. The number of hydrogen-bond acceptors (Lipinski definition) is 5. The highest BCUT2D eigenvalue weighted by Crippen LogP contribution is 2.37. The molecule has 0 radical (unpaired) electrons. The Hall–Kier alpha value is -2.77. The highest BCUT2D eigenvalue weighted by molar-refractivity contribution is 5.78. The van der Waals surface area contributed by atoms with Gasteiger partial charge in [-0.25, -0.2) is 4.98 Å². The molecular weight excluding hydrogens is 356 g/mol. The molecule has 7 heteroatoms. The molecule has 3 N–H and O–H groups in total. The second-order valence-electron chi connectivity index (χ2n) is 7.26. The molecule has 2 aromatic heterocycles. The van der Waals surface area contributed by atoms with E-state index in [1.54, 1.807) is 6.20 Å². The average molecular weight is 380 g/mol. The first-order valence-corrected chi connectivity index (χ1v) is 9.59. The highest BCUT2D eigenvalue weighted by Gasteiger charge is 2.36. The molecule has 1 saturated carbocycles. The predicted molar refractivity (Wildman–Crippen MR) is 104 cm³/mol. The van der Waals surface area contributed by atoms with E-state index in [2.05, 4.69) is 15.3 Å². The van der Waals surface area contributed by atoms with Gasteiger partial charge >= 0.3 is 0 Å². The van der Waals surface area contributed by atoms with E-state index >= 15 is 0 Å². The number of benzene rings is 1. The van der Waals surface area contributed by atoms with Gasteiger partial charge in [-0.3, -0.25) is 9.78 Å². The smallest absolute Gasteiger partial charge is 0.222 e. The van der Waals surface area contributed by atoms with Gasteiger partial charge in [-0.05, 0) is 43.0 Å². The second-order valence-corrected chi connectivity index (χ2v) is 7.26. The zero-order chi connectivity index (χ0) is 19.5. The molecule has 0 saturated heterocycles. The molecule has 1 aliphatic rings. The number of nitrogens with zero attached hydrogens (tertiary/aromatic N) is 3. The molecule has 1 aliphatic carbocycles. The third kappa shape index (κ3) is 3.76. The SMILES string of the molecule is O=C(CCn1c(CO)nc2ccccc21)N[C@H](c1ccccn1)C1CC(O)C1. The minimum absolute atomic E-state index is 0.0845. The third-order valence-corrected chi connectivity index (χ3v) is 5.38. The largest absolute Gasteiger partial charge is 0.393 e. The van der Waals surface area contributed by atoms with Crippen molar-refractivity contribution < 1.29 is 15.0 Å². The number of aromatic nitrogens is 3. The first-order valence-electron chi connectivity index (χ1n) is 9.59. The summed E-state index contributed by atoms with van der Waals surface area (Å²) in [7, 11) is 0. The predicted octanol–water partition coefficient (Wildman–Crippen LogP) is 1.94. The van der Waals surface area contributed by atoms with Gasteiger partial charge in [-0.15, -0.1) is 0 Å². The molecule has 0 aliphatic heterocycles. The number of carbonyl (C=O) groups is 1. The van der Waals surface area contributed by atoms with Crippen LogP contribution in [0.2, 0.25) is 0 Å². The fourth-order valence-electron chi connectivity index (χ4n) is 3.85. The molecule has 1 atom stereocenters. The van der Waals surface area contributed by atoms with E-state index in [0.29, 0.717) is 25.2 Å². The van der Waals surface area contributed by atoms with Crippen molar-refractivity contribution in [2.75, 3.05) is 0 Å². The Balaban J connectivity index is 1.46. The maximum absolute atomic E-state index is 12.7. The summed E-state index contributed by atoms with van der Waals surface area (Å²) in [6, 6.07) is 13.1. The molecule has 146 valence electrons. The van der Waals surface area contributed by atoms with Crippen LogP contribution in [0.25, 0.3) is 11.0 Å². The zero-order valence-corrected chi connectivity index (χ0v) is 15.5. The number of imidazole rings is 1. The van der Waals surface area contributed by atoms with E-state index in [1.165, 1.54) is 0 Å². The number of aliphatic hydroxyl groups is 2. The van der Waals surface area contributed by atoms with Crippen LogP contribution in [0.15, 0.2) is 48.7 Å². The third-order valence-electron chi connectivity index (χ3n) is 5.38. The summed E-state index contributed by atoms with van der Waals surface area (Å²) in [5.74, 6) is 0.659. The van der Waals surface area contributed by atoms with E-state index < -0.39 is 0 Å². The maximum atomic E-state index is 12.7. The van der Waals surface area contributed by atoms with Crippen molar-refractivity contribution in [1.82, 2.24) is 19.9 Å². The van der Waals surface area contributed by atoms with Gasteiger partial charge < -0.3 is 20.1 Å². The lowest BCUT2D eigenvalue weighted by molar-refractivity contribution is -0.123. The lowest BCUT2D eigenvalue weighted by atomic mass is 9.76.